The van der Waals surface area contributed by atoms with Crippen LogP contribution in [-0.4, -0.2) is 60.6 Å². The van der Waals surface area contributed by atoms with E-state index in [9.17, 15) is 0 Å². The molecule has 140 valence electrons. The Labute approximate surface area is 150 Å². The molecule has 4 rings (SSSR count). The van der Waals surface area contributed by atoms with Gasteiger partial charge in [-0.2, -0.15) is 4.98 Å². The van der Waals surface area contributed by atoms with Crippen LogP contribution in [0.15, 0.2) is 4.52 Å². The monoisotopic (exact) mass is 349 g/mol. The van der Waals surface area contributed by atoms with E-state index in [-0.39, 0.29) is 12.0 Å². The third kappa shape index (κ3) is 3.91. The first-order valence-electron chi connectivity index (χ1n) is 9.90. The van der Waals surface area contributed by atoms with Crippen molar-refractivity contribution < 1.29 is 14.0 Å². The van der Waals surface area contributed by atoms with Crippen molar-refractivity contribution in [3.63, 3.8) is 0 Å². The maximum Gasteiger partial charge on any atom is 0.232 e. The van der Waals surface area contributed by atoms with Gasteiger partial charge in [-0.05, 0) is 70.4 Å². The minimum absolute atomic E-state index is 0.248. The van der Waals surface area contributed by atoms with Crippen molar-refractivity contribution in [3.8, 4) is 0 Å². The molecule has 2 saturated heterocycles. The second kappa shape index (κ2) is 7.72. The fourth-order valence-corrected chi connectivity index (χ4v) is 4.84. The molecule has 1 aromatic heterocycles. The van der Waals surface area contributed by atoms with Gasteiger partial charge in [0.25, 0.3) is 0 Å². The third-order valence-corrected chi connectivity index (χ3v) is 6.37. The van der Waals surface area contributed by atoms with Gasteiger partial charge < -0.3 is 18.9 Å². The highest BCUT2D eigenvalue weighted by molar-refractivity contribution is 5.01. The van der Waals surface area contributed by atoms with E-state index < -0.39 is 0 Å². The Morgan fingerprint density at radius 2 is 2.00 bits per heavy atom. The molecule has 0 amide bonds. The maximum atomic E-state index is 6.21. The van der Waals surface area contributed by atoms with E-state index in [1.54, 1.807) is 0 Å². The minimum atomic E-state index is 0.248. The Balaban J connectivity index is 1.30. The normalized spacial score (nSPS) is 34.8. The summed E-state index contributed by atoms with van der Waals surface area (Å²) in [6, 6.07) is 0. The van der Waals surface area contributed by atoms with Crippen molar-refractivity contribution in [3.05, 3.63) is 11.7 Å². The maximum absolute atomic E-state index is 6.21. The zero-order valence-corrected chi connectivity index (χ0v) is 15.5. The Hall–Kier alpha value is -0.980. The first-order valence-corrected chi connectivity index (χ1v) is 9.90. The van der Waals surface area contributed by atoms with Gasteiger partial charge in [0.2, 0.25) is 5.89 Å². The van der Waals surface area contributed by atoms with Gasteiger partial charge in [0.15, 0.2) is 5.82 Å². The van der Waals surface area contributed by atoms with Crippen LogP contribution >= 0.6 is 0 Å². The van der Waals surface area contributed by atoms with Crippen LogP contribution in [0.3, 0.4) is 0 Å². The molecule has 0 bridgehead atoms. The molecule has 0 aromatic carbocycles. The molecule has 0 spiro atoms. The highest BCUT2D eigenvalue weighted by Crippen LogP contribution is 2.38. The predicted octanol–water partition coefficient (Wildman–Crippen LogP) is 2.78. The van der Waals surface area contributed by atoms with Crippen molar-refractivity contribution in [2.24, 2.45) is 11.8 Å². The van der Waals surface area contributed by atoms with Crippen molar-refractivity contribution in [1.82, 2.24) is 15.0 Å². The number of aryl methyl sites for hydroxylation is 1. The van der Waals surface area contributed by atoms with E-state index in [0.29, 0.717) is 12.0 Å². The highest BCUT2D eigenvalue weighted by atomic mass is 16.5. The third-order valence-electron chi connectivity index (χ3n) is 6.37. The largest absolute Gasteiger partial charge is 0.381 e. The summed E-state index contributed by atoms with van der Waals surface area (Å²) in [5.74, 6) is 3.23. The van der Waals surface area contributed by atoms with E-state index in [1.165, 1.54) is 45.3 Å². The van der Waals surface area contributed by atoms with E-state index >= 15 is 0 Å². The summed E-state index contributed by atoms with van der Waals surface area (Å²) in [6.45, 7) is 6.38. The van der Waals surface area contributed by atoms with Crippen LogP contribution in [0.5, 0.6) is 0 Å². The standard InChI is InChI=1S/C19H31N3O3/c1-13-20-19(25-21-13)17-4-3-9-24-18(17)15-5-7-22(8-6-15)12-14-10-16(11-14)23-2/h14-18H,3-12H2,1-2H3/t14?,16?,17-,18+/m1/s1. The molecule has 3 fully saturated rings. The lowest BCUT2D eigenvalue weighted by Crippen LogP contribution is -2.46. The van der Waals surface area contributed by atoms with Crippen molar-refractivity contribution >= 4 is 0 Å². The van der Waals surface area contributed by atoms with Crippen LogP contribution in [0, 0.1) is 18.8 Å². The van der Waals surface area contributed by atoms with Gasteiger partial charge in [0, 0.05) is 20.3 Å². The SMILES string of the molecule is COC1CC(CN2CCC([C@@H]3OCCC[C@H]3c3nc(C)no3)CC2)C1. The molecule has 0 unspecified atom stereocenters. The number of ether oxygens (including phenoxy) is 2. The van der Waals surface area contributed by atoms with Crippen LogP contribution in [0.25, 0.3) is 0 Å². The van der Waals surface area contributed by atoms with E-state index in [0.717, 1.165) is 37.1 Å². The second-order valence-electron chi connectivity index (χ2n) is 8.10. The van der Waals surface area contributed by atoms with Crippen LogP contribution in [0.1, 0.15) is 56.2 Å². The van der Waals surface area contributed by atoms with Gasteiger partial charge in [-0.25, -0.2) is 0 Å². The Morgan fingerprint density at radius 1 is 1.20 bits per heavy atom. The topological polar surface area (TPSA) is 60.6 Å². The zero-order valence-electron chi connectivity index (χ0n) is 15.5. The number of rotatable bonds is 5. The molecule has 0 N–H and O–H groups in total. The Morgan fingerprint density at radius 3 is 2.68 bits per heavy atom. The second-order valence-corrected chi connectivity index (χ2v) is 8.10. The molecule has 1 aliphatic carbocycles. The van der Waals surface area contributed by atoms with E-state index in [2.05, 4.69) is 15.0 Å². The number of piperidine rings is 1. The van der Waals surface area contributed by atoms with Gasteiger partial charge >= 0.3 is 0 Å². The fraction of sp³-hybridized carbons (Fsp3) is 0.895. The van der Waals surface area contributed by atoms with Crippen LogP contribution in [-0.2, 0) is 9.47 Å². The van der Waals surface area contributed by atoms with Gasteiger partial charge in [-0.1, -0.05) is 5.16 Å². The van der Waals surface area contributed by atoms with Gasteiger partial charge in [-0.15, -0.1) is 0 Å². The highest BCUT2D eigenvalue weighted by Gasteiger charge is 2.39. The fourth-order valence-electron chi connectivity index (χ4n) is 4.84. The lowest BCUT2D eigenvalue weighted by molar-refractivity contribution is -0.0624. The lowest BCUT2D eigenvalue weighted by atomic mass is 9.79. The van der Waals surface area contributed by atoms with E-state index in [1.807, 2.05) is 14.0 Å². The molecule has 25 heavy (non-hydrogen) atoms. The van der Waals surface area contributed by atoms with E-state index in [4.69, 9.17) is 14.0 Å². The quantitative estimate of drug-likeness (QED) is 0.815. The summed E-state index contributed by atoms with van der Waals surface area (Å²) < 4.78 is 17.1. The molecular formula is C19H31N3O3. The smallest absolute Gasteiger partial charge is 0.232 e. The average molecular weight is 349 g/mol. The number of nitrogens with zero attached hydrogens (tertiary/aromatic N) is 3. The van der Waals surface area contributed by atoms with Gasteiger partial charge in [0.05, 0.1) is 18.1 Å². The summed E-state index contributed by atoms with van der Waals surface area (Å²) in [7, 11) is 1.83. The molecule has 6 nitrogen and oxygen atoms in total. The molecule has 2 aliphatic heterocycles. The predicted molar refractivity (Wildman–Crippen MR) is 93.4 cm³/mol. The number of likely N-dealkylation sites (tertiary alicyclic amines) is 1. The minimum Gasteiger partial charge on any atom is -0.381 e. The Kier molecular flexibility index (Phi) is 5.39. The Bertz CT molecular complexity index is 550. The molecular weight excluding hydrogens is 318 g/mol. The molecule has 1 saturated carbocycles. The van der Waals surface area contributed by atoms with Crippen molar-refractivity contribution in [2.45, 2.75) is 63.6 Å². The lowest BCUT2D eigenvalue weighted by Gasteiger charge is -2.43. The summed E-state index contributed by atoms with van der Waals surface area (Å²) >= 11 is 0. The summed E-state index contributed by atoms with van der Waals surface area (Å²) in [5.41, 5.74) is 0. The number of aromatic nitrogens is 2. The summed E-state index contributed by atoms with van der Waals surface area (Å²) in [4.78, 5) is 7.13. The molecule has 0 radical (unpaired) electrons. The van der Waals surface area contributed by atoms with Crippen molar-refractivity contribution in [2.75, 3.05) is 33.4 Å². The van der Waals surface area contributed by atoms with Crippen molar-refractivity contribution in [1.29, 1.82) is 0 Å². The van der Waals surface area contributed by atoms with Gasteiger partial charge in [0.1, 0.15) is 0 Å². The number of hydrogen-bond donors (Lipinski definition) is 0. The average Bonchev–Trinajstić information content (AvgIpc) is 3.04. The number of methoxy groups -OCH3 is 1. The molecule has 2 atom stereocenters. The van der Waals surface area contributed by atoms with Crippen LogP contribution in [0.4, 0.5) is 0 Å². The van der Waals surface area contributed by atoms with Gasteiger partial charge in [-0.3, -0.25) is 0 Å². The molecule has 3 heterocycles. The first kappa shape index (κ1) is 17.4. The zero-order chi connectivity index (χ0) is 17.2. The number of hydrogen-bond acceptors (Lipinski definition) is 6. The summed E-state index contributed by atoms with van der Waals surface area (Å²) in [5, 5.41) is 3.98. The summed E-state index contributed by atoms with van der Waals surface area (Å²) in [6.07, 6.45) is 7.86. The van der Waals surface area contributed by atoms with Crippen LogP contribution in [0.2, 0.25) is 0 Å². The molecule has 6 heteroatoms. The first-order chi connectivity index (χ1) is 12.2. The molecule has 3 aliphatic rings. The van der Waals surface area contributed by atoms with Crippen LogP contribution < -0.4 is 0 Å². The molecule has 1 aromatic rings.